The molecule has 0 radical (unpaired) electrons. The molecule has 2 N–H and O–H groups in total. The molecule has 35 heavy (non-hydrogen) atoms. The fourth-order valence-corrected chi connectivity index (χ4v) is 3.70. The molecule has 0 bridgehead atoms. The van der Waals surface area contributed by atoms with E-state index < -0.39 is 6.17 Å². The Morgan fingerprint density at radius 2 is 1.23 bits per heavy atom. The summed E-state index contributed by atoms with van der Waals surface area (Å²) in [5.74, 6) is 0.159. The number of ether oxygens (including phenoxy) is 1. The minimum atomic E-state index is -0.723. The largest absolute Gasteiger partial charge is 0.489 e. The minimum absolute atomic E-state index is 0.271. The first kappa shape index (κ1) is 23.8. The molecule has 4 aromatic rings. The van der Waals surface area contributed by atoms with Gasteiger partial charge in [-0.25, -0.2) is 0 Å². The van der Waals surface area contributed by atoms with Crippen LogP contribution in [-0.4, -0.2) is 11.8 Å². The van der Waals surface area contributed by atoms with Crippen LogP contribution in [0.1, 0.15) is 49.1 Å². The summed E-state index contributed by atoms with van der Waals surface area (Å²) in [4.78, 5) is 26.0. The van der Waals surface area contributed by atoms with Crippen molar-refractivity contribution in [3.63, 3.8) is 0 Å². The van der Waals surface area contributed by atoms with Crippen LogP contribution in [0.3, 0.4) is 0 Å². The first-order valence-electron chi connectivity index (χ1n) is 11.5. The number of nitrogens with one attached hydrogen (secondary N) is 2. The maximum atomic E-state index is 13.0. The van der Waals surface area contributed by atoms with Gasteiger partial charge in [-0.1, -0.05) is 77.9 Å². The van der Waals surface area contributed by atoms with Gasteiger partial charge in [0.05, 0.1) is 0 Å². The molecule has 0 heterocycles. The van der Waals surface area contributed by atoms with Crippen molar-refractivity contribution in [2.24, 2.45) is 0 Å². The molecule has 4 aromatic carbocycles. The molecular weight excluding hydrogens is 436 g/mol. The molecule has 0 spiro atoms. The van der Waals surface area contributed by atoms with Crippen LogP contribution >= 0.6 is 0 Å². The lowest BCUT2D eigenvalue weighted by Gasteiger charge is -2.21. The van der Waals surface area contributed by atoms with Crippen LogP contribution in [0.15, 0.2) is 103 Å². The fraction of sp³-hybridized carbons (Fsp3) is 0.133. The highest BCUT2D eigenvalue weighted by Crippen LogP contribution is 2.19. The molecule has 0 aliphatic rings. The third kappa shape index (κ3) is 6.58. The van der Waals surface area contributed by atoms with E-state index in [4.69, 9.17) is 4.74 Å². The van der Waals surface area contributed by atoms with Gasteiger partial charge >= 0.3 is 0 Å². The second-order valence-corrected chi connectivity index (χ2v) is 8.46. The monoisotopic (exact) mass is 464 g/mol. The Morgan fingerprint density at radius 3 is 1.74 bits per heavy atom. The standard InChI is InChI=1S/C30H28N2O3/c1-21-8-6-12-25(18-21)29(33)31-28(32-30(34)26-13-7-9-22(2)19-26)24-14-16-27(17-15-24)35-20-23-10-4-3-5-11-23/h3-19,28H,20H2,1-2H3,(H,31,33)(H,32,34). The highest BCUT2D eigenvalue weighted by atomic mass is 16.5. The Balaban J connectivity index is 1.53. The number of aryl methyl sites for hydroxylation is 2. The number of hydrogen-bond donors (Lipinski definition) is 2. The zero-order valence-electron chi connectivity index (χ0n) is 19.8. The van der Waals surface area contributed by atoms with Gasteiger partial charge in [-0.3, -0.25) is 9.59 Å². The van der Waals surface area contributed by atoms with Crippen molar-refractivity contribution < 1.29 is 14.3 Å². The summed E-state index contributed by atoms with van der Waals surface area (Å²) in [6.45, 7) is 4.32. The van der Waals surface area contributed by atoms with E-state index >= 15 is 0 Å². The molecule has 0 unspecified atom stereocenters. The first-order valence-corrected chi connectivity index (χ1v) is 11.5. The van der Waals surface area contributed by atoms with Crippen molar-refractivity contribution in [1.29, 1.82) is 0 Å². The molecule has 5 nitrogen and oxygen atoms in total. The van der Waals surface area contributed by atoms with Gasteiger partial charge in [-0.05, 0) is 61.4 Å². The smallest absolute Gasteiger partial charge is 0.253 e. The maximum Gasteiger partial charge on any atom is 0.253 e. The van der Waals surface area contributed by atoms with Gasteiger partial charge in [0.1, 0.15) is 18.5 Å². The predicted octanol–water partition coefficient (Wildman–Crippen LogP) is 5.74. The number of benzene rings is 4. The zero-order chi connectivity index (χ0) is 24.6. The van der Waals surface area contributed by atoms with Gasteiger partial charge in [-0.15, -0.1) is 0 Å². The number of hydrogen-bond acceptors (Lipinski definition) is 3. The van der Waals surface area contributed by atoms with Gasteiger partial charge in [0, 0.05) is 11.1 Å². The third-order valence-electron chi connectivity index (χ3n) is 5.57. The van der Waals surface area contributed by atoms with Crippen molar-refractivity contribution in [2.45, 2.75) is 26.6 Å². The van der Waals surface area contributed by atoms with Gasteiger partial charge in [0.25, 0.3) is 11.8 Å². The number of carbonyl (C=O) groups is 2. The quantitative estimate of drug-likeness (QED) is 0.327. The predicted molar refractivity (Wildman–Crippen MR) is 137 cm³/mol. The summed E-state index contributed by atoms with van der Waals surface area (Å²) in [7, 11) is 0. The first-order chi connectivity index (χ1) is 17.0. The van der Waals surface area contributed by atoms with E-state index in [2.05, 4.69) is 10.6 Å². The number of carbonyl (C=O) groups excluding carboxylic acids is 2. The van der Waals surface area contributed by atoms with Gasteiger partial charge in [0.15, 0.2) is 0 Å². The lowest BCUT2D eigenvalue weighted by Crippen LogP contribution is -2.41. The van der Waals surface area contributed by atoms with Gasteiger partial charge in [0.2, 0.25) is 0 Å². The highest BCUT2D eigenvalue weighted by Gasteiger charge is 2.19. The lowest BCUT2D eigenvalue weighted by molar-refractivity contribution is 0.0883. The topological polar surface area (TPSA) is 67.4 Å². The second-order valence-electron chi connectivity index (χ2n) is 8.46. The van der Waals surface area contributed by atoms with Crippen molar-refractivity contribution >= 4 is 11.8 Å². The van der Waals surface area contributed by atoms with Crippen LogP contribution in [-0.2, 0) is 6.61 Å². The molecule has 4 rings (SSSR count). The Hall–Kier alpha value is -4.38. The highest BCUT2D eigenvalue weighted by molar-refractivity contribution is 5.97. The summed E-state index contributed by atoms with van der Waals surface area (Å²) in [6.07, 6.45) is -0.723. The van der Waals surface area contributed by atoms with Crippen LogP contribution in [0.5, 0.6) is 5.75 Å². The van der Waals surface area contributed by atoms with Crippen LogP contribution in [0.25, 0.3) is 0 Å². The van der Waals surface area contributed by atoms with E-state index in [0.717, 1.165) is 22.3 Å². The maximum absolute atomic E-state index is 13.0. The summed E-state index contributed by atoms with van der Waals surface area (Å²) in [6, 6.07) is 32.0. The van der Waals surface area contributed by atoms with Crippen LogP contribution in [0.2, 0.25) is 0 Å². The molecular formula is C30H28N2O3. The van der Waals surface area contributed by atoms with Gasteiger partial charge < -0.3 is 15.4 Å². The third-order valence-corrected chi connectivity index (χ3v) is 5.57. The molecule has 0 saturated carbocycles. The van der Waals surface area contributed by atoms with Crippen molar-refractivity contribution in [3.05, 3.63) is 137 Å². The van der Waals surface area contributed by atoms with Crippen molar-refractivity contribution in [2.75, 3.05) is 0 Å². The molecule has 5 heteroatoms. The van der Waals surface area contributed by atoms with E-state index in [1.165, 1.54) is 0 Å². The summed E-state index contributed by atoms with van der Waals surface area (Å²) >= 11 is 0. The van der Waals surface area contributed by atoms with E-state index in [-0.39, 0.29) is 11.8 Å². The van der Waals surface area contributed by atoms with Crippen molar-refractivity contribution in [3.8, 4) is 5.75 Å². The Morgan fingerprint density at radius 1 is 0.686 bits per heavy atom. The molecule has 0 fully saturated rings. The molecule has 0 aliphatic carbocycles. The molecule has 0 aromatic heterocycles. The Bertz CT molecular complexity index is 1240. The average molecular weight is 465 g/mol. The normalized spacial score (nSPS) is 10.6. The van der Waals surface area contributed by atoms with Crippen LogP contribution < -0.4 is 15.4 Å². The molecule has 0 aliphatic heterocycles. The summed E-state index contributed by atoms with van der Waals surface area (Å²) < 4.78 is 5.88. The van der Waals surface area contributed by atoms with Crippen LogP contribution in [0.4, 0.5) is 0 Å². The van der Waals surface area contributed by atoms with E-state index in [0.29, 0.717) is 23.5 Å². The summed E-state index contributed by atoms with van der Waals surface area (Å²) in [5.41, 5.74) is 4.84. The SMILES string of the molecule is Cc1cccc(C(=O)NC(NC(=O)c2cccc(C)c2)c2ccc(OCc3ccccc3)cc2)c1. The molecule has 0 saturated heterocycles. The fourth-order valence-electron chi connectivity index (χ4n) is 3.70. The van der Waals surface area contributed by atoms with Crippen molar-refractivity contribution in [1.82, 2.24) is 10.6 Å². The molecule has 2 amide bonds. The Labute approximate surface area is 205 Å². The molecule has 176 valence electrons. The number of rotatable bonds is 8. The summed E-state index contributed by atoms with van der Waals surface area (Å²) in [5, 5.41) is 5.92. The van der Waals surface area contributed by atoms with Gasteiger partial charge in [-0.2, -0.15) is 0 Å². The van der Waals surface area contributed by atoms with E-state index in [1.807, 2.05) is 105 Å². The average Bonchev–Trinajstić information content (AvgIpc) is 2.88. The minimum Gasteiger partial charge on any atom is -0.489 e. The van der Waals surface area contributed by atoms with E-state index in [1.54, 1.807) is 12.1 Å². The Kier molecular flexibility index (Phi) is 7.58. The zero-order valence-corrected chi connectivity index (χ0v) is 19.8. The van der Waals surface area contributed by atoms with Crippen LogP contribution in [0, 0.1) is 13.8 Å². The van der Waals surface area contributed by atoms with E-state index in [9.17, 15) is 9.59 Å². The molecule has 0 atom stereocenters. The number of amides is 2. The lowest BCUT2D eigenvalue weighted by atomic mass is 10.1. The second kappa shape index (κ2) is 11.2.